The van der Waals surface area contributed by atoms with E-state index < -0.39 is 0 Å². The molecule has 33 heavy (non-hydrogen) atoms. The second-order valence-corrected chi connectivity index (χ2v) is 10.7. The van der Waals surface area contributed by atoms with Gasteiger partial charge >= 0.3 is 0 Å². The molecule has 0 bridgehead atoms. The normalized spacial score (nSPS) is 19.1. The number of nitrogens with one attached hydrogen (secondary N) is 2. The van der Waals surface area contributed by atoms with Crippen LogP contribution in [0.1, 0.15) is 63.5 Å². The number of furan rings is 1. The molecule has 4 rings (SSSR count). The lowest BCUT2D eigenvalue weighted by atomic mass is 9.86. The molecule has 0 amide bonds. The molecule has 0 atom stereocenters. The number of fused-ring (bicyclic) bond motifs is 1. The zero-order chi connectivity index (χ0) is 23.6. The van der Waals surface area contributed by atoms with Crippen LogP contribution in [0, 0.1) is 12.8 Å². The smallest absolute Gasteiger partial charge is 0.225 e. The molecule has 0 spiro atoms. The van der Waals surface area contributed by atoms with Crippen molar-refractivity contribution in [3.63, 3.8) is 0 Å². The molecule has 0 aliphatic heterocycles. The summed E-state index contributed by atoms with van der Waals surface area (Å²) in [6.07, 6.45) is 4.74. The Kier molecular flexibility index (Phi) is 6.94. The second-order valence-electron chi connectivity index (χ2n) is 10.7. The van der Waals surface area contributed by atoms with Crippen LogP contribution >= 0.6 is 0 Å². The Morgan fingerprint density at radius 2 is 1.79 bits per heavy atom. The number of para-hydroxylation sites is 1. The van der Waals surface area contributed by atoms with E-state index in [1.165, 1.54) is 18.4 Å². The van der Waals surface area contributed by atoms with Gasteiger partial charge in [-0.15, -0.1) is 0 Å². The van der Waals surface area contributed by atoms with E-state index in [-0.39, 0.29) is 5.41 Å². The molecule has 2 aromatic heterocycles. The van der Waals surface area contributed by atoms with E-state index in [2.05, 4.69) is 61.4 Å². The first-order valence-electron chi connectivity index (χ1n) is 12.2. The third-order valence-electron chi connectivity index (χ3n) is 6.69. The molecular formula is C27H39N5O. The van der Waals surface area contributed by atoms with Gasteiger partial charge in [0.25, 0.3) is 0 Å². The number of rotatable bonds is 7. The Morgan fingerprint density at radius 1 is 1.06 bits per heavy atom. The van der Waals surface area contributed by atoms with Crippen LogP contribution in [0.4, 0.5) is 11.8 Å². The Bertz CT molecular complexity index is 1070. The van der Waals surface area contributed by atoms with E-state index in [1.807, 2.05) is 26.2 Å². The van der Waals surface area contributed by atoms with Crippen molar-refractivity contribution in [1.82, 2.24) is 15.3 Å². The Hall–Kier alpha value is -2.60. The van der Waals surface area contributed by atoms with Gasteiger partial charge in [-0.2, -0.15) is 4.98 Å². The van der Waals surface area contributed by atoms with Gasteiger partial charge in [0, 0.05) is 43.0 Å². The first-order valence-corrected chi connectivity index (χ1v) is 12.2. The molecule has 0 unspecified atom stereocenters. The highest BCUT2D eigenvalue weighted by Crippen LogP contribution is 2.29. The van der Waals surface area contributed by atoms with Crippen molar-refractivity contribution in [3.8, 4) is 0 Å². The summed E-state index contributed by atoms with van der Waals surface area (Å²) in [5, 5.41) is 8.37. The lowest BCUT2D eigenvalue weighted by Gasteiger charge is -2.29. The fourth-order valence-corrected chi connectivity index (χ4v) is 4.63. The molecule has 1 aromatic carbocycles. The zero-order valence-electron chi connectivity index (χ0n) is 21.0. The van der Waals surface area contributed by atoms with Gasteiger partial charge in [-0.05, 0) is 63.3 Å². The molecule has 6 heteroatoms. The largest absolute Gasteiger partial charge is 0.465 e. The Labute approximate surface area is 198 Å². The van der Waals surface area contributed by atoms with Crippen LogP contribution in [0.5, 0.6) is 0 Å². The van der Waals surface area contributed by atoms with Crippen molar-refractivity contribution in [2.24, 2.45) is 5.92 Å². The van der Waals surface area contributed by atoms with Crippen LogP contribution in [0.25, 0.3) is 10.9 Å². The lowest BCUT2D eigenvalue weighted by molar-refractivity contribution is 0.323. The lowest BCUT2D eigenvalue weighted by Crippen LogP contribution is -2.31. The van der Waals surface area contributed by atoms with Crippen molar-refractivity contribution >= 4 is 22.7 Å². The molecule has 0 saturated heterocycles. The summed E-state index contributed by atoms with van der Waals surface area (Å²) in [4.78, 5) is 11.6. The number of nitrogens with zero attached hydrogens (tertiary/aromatic N) is 3. The monoisotopic (exact) mass is 449 g/mol. The standard InChI is InChI=1S/C27H39N5O/c1-18-20(15-24(33-18)27(2,3)4)17-28-16-19-11-13-21(14-12-19)29-26-30-23-10-8-7-9-22(23)25(31-26)32(5)6/h7-10,15,19,21,28H,11-14,16-17H2,1-6H3,(H,29,30,31). The van der Waals surface area contributed by atoms with E-state index >= 15 is 0 Å². The molecule has 1 aliphatic rings. The van der Waals surface area contributed by atoms with Crippen LogP contribution in [-0.2, 0) is 12.0 Å². The molecule has 3 aromatic rings. The van der Waals surface area contributed by atoms with E-state index in [0.29, 0.717) is 12.0 Å². The van der Waals surface area contributed by atoms with Crippen molar-refractivity contribution in [2.75, 3.05) is 30.9 Å². The van der Waals surface area contributed by atoms with Crippen molar-refractivity contribution < 1.29 is 4.42 Å². The SMILES string of the molecule is Cc1oc(C(C)(C)C)cc1CNCC1CCC(Nc2nc(N(C)C)c3ccccc3n2)CC1. The summed E-state index contributed by atoms with van der Waals surface area (Å²) < 4.78 is 5.98. The fraction of sp³-hybridized carbons (Fsp3) is 0.556. The molecule has 6 nitrogen and oxygen atoms in total. The summed E-state index contributed by atoms with van der Waals surface area (Å²) in [5.74, 6) is 4.52. The summed E-state index contributed by atoms with van der Waals surface area (Å²) >= 11 is 0. The van der Waals surface area contributed by atoms with Gasteiger partial charge in [0.05, 0.1) is 5.52 Å². The molecule has 178 valence electrons. The minimum atomic E-state index is 0.0520. The number of benzene rings is 1. The van der Waals surface area contributed by atoms with E-state index in [9.17, 15) is 0 Å². The number of anilines is 2. The topological polar surface area (TPSA) is 66.2 Å². The predicted molar refractivity (Wildman–Crippen MR) is 137 cm³/mol. The van der Waals surface area contributed by atoms with E-state index in [4.69, 9.17) is 14.4 Å². The van der Waals surface area contributed by atoms with Crippen LogP contribution in [0.15, 0.2) is 34.7 Å². The quantitative estimate of drug-likeness (QED) is 0.485. The molecule has 1 saturated carbocycles. The van der Waals surface area contributed by atoms with Gasteiger partial charge < -0.3 is 20.0 Å². The van der Waals surface area contributed by atoms with E-state index in [0.717, 1.165) is 60.1 Å². The van der Waals surface area contributed by atoms with E-state index in [1.54, 1.807) is 0 Å². The first-order chi connectivity index (χ1) is 15.7. The third kappa shape index (κ3) is 5.67. The van der Waals surface area contributed by atoms with Gasteiger partial charge in [0.1, 0.15) is 17.3 Å². The van der Waals surface area contributed by atoms with Crippen molar-refractivity contribution in [1.29, 1.82) is 0 Å². The van der Waals surface area contributed by atoms with Crippen LogP contribution in [0.2, 0.25) is 0 Å². The number of hydrogen-bond donors (Lipinski definition) is 2. The minimum absolute atomic E-state index is 0.0520. The Balaban J connectivity index is 1.28. The highest BCUT2D eigenvalue weighted by atomic mass is 16.3. The maximum absolute atomic E-state index is 5.98. The summed E-state index contributed by atoms with van der Waals surface area (Å²) in [6, 6.07) is 10.9. The van der Waals surface area contributed by atoms with Gasteiger partial charge in [-0.3, -0.25) is 0 Å². The fourth-order valence-electron chi connectivity index (χ4n) is 4.63. The maximum atomic E-state index is 5.98. The minimum Gasteiger partial charge on any atom is -0.465 e. The molecular weight excluding hydrogens is 410 g/mol. The third-order valence-corrected chi connectivity index (χ3v) is 6.69. The maximum Gasteiger partial charge on any atom is 0.225 e. The molecule has 1 aliphatic carbocycles. The predicted octanol–water partition coefficient (Wildman–Crippen LogP) is 5.66. The number of hydrogen-bond acceptors (Lipinski definition) is 6. The highest BCUT2D eigenvalue weighted by molar-refractivity contribution is 5.90. The Morgan fingerprint density at radius 3 is 2.45 bits per heavy atom. The molecule has 0 radical (unpaired) electrons. The summed E-state index contributed by atoms with van der Waals surface area (Å²) in [5.41, 5.74) is 2.32. The number of aryl methyl sites for hydroxylation is 1. The van der Waals surface area contributed by atoms with Gasteiger partial charge in [0.15, 0.2) is 0 Å². The van der Waals surface area contributed by atoms with Gasteiger partial charge in [0.2, 0.25) is 5.95 Å². The zero-order valence-corrected chi connectivity index (χ0v) is 21.0. The average molecular weight is 450 g/mol. The van der Waals surface area contributed by atoms with Gasteiger partial charge in [-0.1, -0.05) is 32.9 Å². The first kappa shape index (κ1) is 23.6. The number of aromatic nitrogens is 2. The van der Waals surface area contributed by atoms with Crippen molar-refractivity contribution in [2.45, 2.75) is 71.4 Å². The second kappa shape index (κ2) is 9.72. The van der Waals surface area contributed by atoms with Crippen molar-refractivity contribution in [3.05, 3.63) is 47.4 Å². The van der Waals surface area contributed by atoms with Crippen LogP contribution in [-0.4, -0.2) is 36.6 Å². The molecule has 2 heterocycles. The van der Waals surface area contributed by atoms with Crippen LogP contribution < -0.4 is 15.5 Å². The average Bonchev–Trinajstić information content (AvgIpc) is 3.15. The molecule has 2 N–H and O–H groups in total. The van der Waals surface area contributed by atoms with Crippen LogP contribution in [0.3, 0.4) is 0 Å². The molecule has 1 fully saturated rings. The highest BCUT2D eigenvalue weighted by Gasteiger charge is 2.23. The summed E-state index contributed by atoms with van der Waals surface area (Å²) in [7, 11) is 4.07. The summed E-state index contributed by atoms with van der Waals surface area (Å²) in [6.45, 7) is 10.6. The van der Waals surface area contributed by atoms with Gasteiger partial charge in [-0.25, -0.2) is 4.98 Å².